The van der Waals surface area contributed by atoms with Crippen molar-refractivity contribution in [1.29, 1.82) is 0 Å². The van der Waals surface area contributed by atoms with Crippen molar-refractivity contribution in [3.05, 3.63) is 12.2 Å². The maximum absolute atomic E-state index is 9.15. The SMILES string of the molecule is CC(C)n1ncnc1CNC1CC(O)C1. The summed E-state index contributed by atoms with van der Waals surface area (Å²) in [6.45, 7) is 4.91. The van der Waals surface area contributed by atoms with Crippen molar-refractivity contribution in [3.8, 4) is 0 Å². The first-order valence-corrected chi connectivity index (χ1v) is 5.46. The normalized spacial score (nSPS) is 25.6. The van der Waals surface area contributed by atoms with Crippen LogP contribution in [0.3, 0.4) is 0 Å². The second-order valence-electron chi connectivity index (χ2n) is 4.42. The van der Waals surface area contributed by atoms with Crippen LogP contribution in [0.1, 0.15) is 38.6 Å². The molecule has 1 heterocycles. The van der Waals surface area contributed by atoms with Gasteiger partial charge in [-0.1, -0.05) is 0 Å². The van der Waals surface area contributed by atoms with Gasteiger partial charge in [0, 0.05) is 12.1 Å². The van der Waals surface area contributed by atoms with Gasteiger partial charge in [-0.2, -0.15) is 5.10 Å². The monoisotopic (exact) mass is 210 g/mol. The predicted octanol–water partition coefficient (Wildman–Crippen LogP) is 0.472. The van der Waals surface area contributed by atoms with Crippen LogP contribution in [0.5, 0.6) is 0 Å². The van der Waals surface area contributed by atoms with Crippen molar-refractivity contribution in [1.82, 2.24) is 20.1 Å². The van der Waals surface area contributed by atoms with Crippen molar-refractivity contribution in [3.63, 3.8) is 0 Å². The highest BCUT2D eigenvalue weighted by Crippen LogP contribution is 2.19. The fourth-order valence-electron chi connectivity index (χ4n) is 1.82. The minimum Gasteiger partial charge on any atom is -0.393 e. The molecule has 1 saturated carbocycles. The Kier molecular flexibility index (Phi) is 3.02. The minimum absolute atomic E-state index is 0.106. The van der Waals surface area contributed by atoms with Gasteiger partial charge in [-0.05, 0) is 26.7 Å². The number of aliphatic hydroxyl groups excluding tert-OH is 1. The minimum atomic E-state index is -0.106. The maximum atomic E-state index is 9.15. The van der Waals surface area contributed by atoms with Crippen LogP contribution < -0.4 is 5.32 Å². The molecule has 0 bridgehead atoms. The summed E-state index contributed by atoms with van der Waals surface area (Å²) in [6, 6.07) is 0.786. The molecule has 0 saturated heterocycles. The molecule has 84 valence electrons. The number of hydrogen-bond acceptors (Lipinski definition) is 4. The summed E-state index contributed by atoms with van der Waals surface area (Å²) in [4.78, 5) is 4.21. The molecule has 5 heteroatoms. The van der Waals surface area contributed by atoms with Gasteiger partial charge >= 0.3 is 0 Å². The fourth-order valence-corrected chi connectivity index (χ4v) is 1.82. The molecule has 0 atom stereocenters. The molecule has 15 heavy (non-hydrogen) atoms. The van der Waals surface area contributed by atoms with E-state index >= 15 is 0 Å². The zero-order valence-electron chi connectivity index (χ0n) is 9.22. The third kappa shape index (κ3) is 2.35. The van der Waals surface area contributed by atoms with Gasteiger partial charge in [0.15, 0.2) is 0 Å². The van der Waals surface area contributed by atoms with Crippen molar-refractivity contribution in [2.24, 2.45) is 0 Å². The number of hydrogen-bond donors (Lipinski definition) is 2. The average molecular weight is 210 g/mol. The Hall–Kier alpha value is -0.940. The lowest BCUT2D eigenvalue weighted by atomic mass is 9.89. The van der Waals surface area contributed by atoms with E-state index in [1.54, 1.807) is 6.33 Å². The molecule has 0 radical (unpaired) electrons. The Labute approximate surface area is 89.5 Å². The van der Waals surface area contributed by atoms with Crippen molar-refractivity contribution in [2.75, 3.05) is 0 Å². The van der Waals surface area contributed by atoms with Crippen LogP contribution in [-0.2, 0) is 6.54 Å². The number of rotatable bonds is 4. The van der Waals surface area contributed by atoms with E-state index in [2.05, 4.69) is 29.2 Å². The van der Waals surface area contributed by atoms with Crippen molar-refractivity contribution in [2.45, 2.75) is 51.4 Å². The third-order valence-electron chi connectivity index (χ3n) is 2.80. The maximum Gasteiger partial charge on any atom is 0.141 e. The molecule has 1 aliphatic carbocycles. The van der Waals surface area contributed by atoms with Gasteiger partial charge in [-0.15, -0.1) is 0 Å². The van der Waals surface area contributed by atoms with Gasteiger partial charge < -0.3 is 10.4 Å². The Morgan fingerprint density at radius 2 is 2.33 bits per heavy atom. The van der Waals surface area contributed by atoms with E-state index in [4.69, 9.17) is 5.11 Å². The first-order valence-electron chi connectivity index (χ1n) is 5.46. The molecule has 2 N–H and O–H groups in total. The summed E-state index contributed by atoms with van der Waals surface area (Å²) in [5, 5.41) is 16.7. The second-order valence-corrected chi connectivity index (χ2v) is 4.42. The Bertz CT molecular complexity index is 317. The van der Waals surface area contributed by atoms with Crippen LogP contribution in [0.15, 0.2) is 6.33 Å². The smallest absolute Gasteiger partial charge is 0.141 e. The zero-order valence-corrected chi connectivity index (χ0v) is 9.22. The van der Waals surface area contributed by atoms with Gasteiger partial charge in [-0.25, -0.2) is 9.67 Å². The summed E-state index contributed by atoms with van der Waals surface area (Å²) in [6.07, 6.45) is 3.20. The highest BCUT2D eigenvalue weighted by molar-refractivity contribution is 4.90. The summed E-state index contributed by atoms with van der Waals surface area (Å²) >= 11 is 0. The third-order valence-corrected chi connectivity index (χ3v) is 2.80. The highest BCUT2D eigenvalue weighted by Gasteiger charge is 2.26. The van der Waals surface area contributed by atoms with Gasteiger partial charge in [0.05, 0.1) is 12.6 Å². The predicted molar refractivity (Wildman–Crippen MR) is 56.3 cm³/mol. The van der Waals surface area contributed by atoms with Crippen LogP contribution in [0.2, 0.25) is 0 Å². The molecule has 2 rings (SSSR count). The molecule has 1 aliphatic rings. The van der Waals surface area contributed by atoms with Crippen molar-refractivity contribution >= 4 is 0 Å². The quantitative estimate of drug-likeness (QED) is 0.758. The molecule has 1 aromatic rings. The summed E-state index contributed by atoms with van der Waals surface area (Å²) in [5.74, 6) is 0.964. The highest BCUT2D eigenvalue weighted by atomic mass is 16.3. The summed E-state index contributed by atoms with van der Waals surface area (Å²) < 4.78 is 1.92. The van der Waals surface area contributed by atoms with Crippen LogP contribution in [0.25, 0.3) is 0 Å². The first kappa shape index (κ1) is 10.6. The van der Waals surface area contributed by atoms with Crippen LogP contribution in [0, 0.1) is 0 Å². The molecule has 5 nitrogen and oxygen atoms in total. The molecular formula is C10H18N4O. The Morgan fingerprint density at radius 3 is 2.93 bits per heavy atom. The van der Waals surface area contributed by atoms with Gasteiger partial charge in [0.25, 0.3) is 0 Å². The molecule has 1 aromatic heterocycles. The molecule has 0 aliphatic heterocycles. The molecule has 0 amide bonds. The molecular weight excluding hydrogens is 192 g/mol. The van der Waals surface area contributed by atoms with E-state index in [1.165, 1.54) is 0 Å². The Morgan fingerprint density at radius 1 is 1.60 bits per heavy atom. The van der Waals surface area contributed by atoms with Gasteiger partial charge in [0.2, 0.25) is 0 Å². The largest absolute Gasteiger partial charge is 0.393 e. The molecule has 0 aromatic carbocycles. The average Bonchev–Trinajstić information content (AvgIpc) is 2.58. The second kappa shape index (κ2) is 4.28. The van der Waals surface area contributed by atoms with E-state index in [1.807, 2.05) is 4.68 Å². The standard InChI is InChI=1S/C10H18N4O/c1-7(2)14-10(12-6-13-14)5-11-8-3-9(15)4-8/h6-9,11,15H,3-5H2,1-2H3. The number of aliphatic hydroxyl groups is 1. The Balaban J connectivity index is 1.85. The lowest BCUT2D eigenvalue weighted by Crippen LogP contribution is -2.44. The molecule has 0 spiro atoms. The van der Waals surface area contributed by atoms with Gasteiger partial charge in [0.1, 0.15) is 12.2 Å². The number of nitrogens with one attached hydrogen (secondary N) is 1. The lowest BCUT2D eigenvalue weighted by Gasteiger charge is -2.32. The molecule has 1 fully saturated rings. The van der Waals surface area contributed by atoms with Crippen LogP contribution >= 0.6 is 0 Å². The topological polar surface area (TPSA) is 63.0 Å². The lowest BCUT2D eigenvalue weighted by molar-refractivity contribution is 0.0614. The van der Waals surface area contributed by atoms with Crippen molar-refractivity contribution < 1.29 is 5.11 Å². The van der Waals surface area contributed by atoms with E-state index in [-0.39, 0.29) is 6.10 Å². The van der Waals surface area contributed by atoms with E-state index in [0.717, 1.165) is 25.2 Å². The van der Waals surface area contributed by atoms with Gasteiger partial charge in [-0.3, -0.25) is 0 Å². The van der Waals surface area contributed by atoms with Crippen LogP contribution in [0.4, 0.5) is 0 Å². The first-order chi connectivity index (χ1) is 7.16. The van der Waals surface area contributed by atoms with E-state index in [0.29, 0.717) is 12.1 Å². The molecule has 0 unspecified atom stereocenters. The fraction of sp³-hybridized carbons (Fsp3) is 0.800. The summed E-state index contributed by atoms with van der Waals surface area (Å²) in [5.41, 5.74) is 0. The number of nitrogens with zero attached hydrogens (tertiary/aromatic N) is 3. The van der Waals surface area contributed by atoms with Crippen LogP contribution in [-0.4, -0.2) is 32.0 Å². The number of aromatic nitrogens is 3. The van der Waals surface area contributed by atoms with E-state index < -0.39 is 0 Å². The summed E-state index contributed by atoms with van der Waals surface area (Å²) in [7, 11) is 0. The zero-order chi connectivity index (χ0) is 10.8. The van der Waals surface area contributed by atoms with E-state index in [9.17, 15) is 0 Å².